The van der Waals surface area contributed by atoms with Crippen LogP contribution in [0.3, 0.4) is 0 Å². The van der Waals surface area contributed by atoms with Crippen LogP contribution in [0.15, 0.2) is 65.7 Å². The summed E-state index contributed by atoms with van der Waals surface area (Å²) in [6.07, 6.45) is 19.5. The van der Waals surface area contributed by atoms with Gasteiger partial charge in [-0.3, -0.25) is 72.0 Å². The lowest BCUT2D eigenvalue weighted by atomic mass is 9.76. The molecule has 150 heavy (non-hydrogen) atoms. The van der Waals surface area contributed by atoms with Crippen LogP contribution in [0.1, 0.15) is 247 Å². The van der Waals surface area contributed by atoms with Gasteiger partial charge in [0.25, 0.3) is 5.56 Å². The number of aromatic nitrogens is 8. The summed E-state index contributed by atoms with van der Waals surface area (Å²) >= 11 is 0. The summed E-state index contributed by atoms with van der Waals surface area (Å²) < 4.78 is 74.3. The fourth-order valence-electron chi connectivity index (χ4n) is 18.6. The van der Waals surface area contributed by atoms with Gasteiger partial charge >= 0.3 is 6.16 Å². The molecule has 3 aliphatic carbocycles. The SMILES string of the molecule is CCCCCC(CC(=O)COC)C(=O)NC.CCNC(=O)C1CCC(CN2C(=O)CC(C)C2=O)CC1.CCOCCOCCOCCOCCOCCOCCOCCOCCCC(=O)CC.CCc1c2c(nc3ccc(C)cc13)-c1cc3c(c(=O)n1C2)CCC(=O)C3(CC)OC(=O)OCc1ccc(C)cc1.CCn1cc(CCC(=O)C2CCC(CN3C(=O)CC(C)C3=O)CC2)nn1.COCC(=O)NCCOCCn1cc(C)nn1. The number of hydrogen-bond donors (Lipinski definition) is 3. The normalized spacial score (nSPS) is 18.1. The molecule has 834 valence electrons. The summed E-state index contributed by atoms with van der Waals surface area (Å²) in [6, 6.07) is 15.7. The van der Waals surface area contributed by atoms with Gasteiger partial charge in [0.05, 0.1) is 147 Å². The number of unbranched alkanes of at least 4 members (excludes halogenated alkanes) is 2. The van der Waals surface area contributed by atoms with Crippen molar-refractivity contribution in [3.05, 3.63) is 122 Å². The van der Waals surface area contributed by atoms with Crippen LogP contribution < -0.4 is 21.5 Å². The maximum atomic E-state index is 13.9. The summed E-state index contributed by atoms with van der Waals surface area (Å²) in [5, 5.41) is 25.1. The van der Waals surface area contributed by atoms with Crippen molar-refractivity contribution < 1.29 is 119 Å². The third-order valence-electron chi connectivity index (χ3n) is 27.1. The van der Waals surface area contributed by atoms with Gasteiger partial charge in [-0.05, 0) is 166 Å². The summed E-state index contributed by atoms with van der Waals surface area (Å²) in [5.41, 5.74) is 8.54. The second kappa shape index (κ2) is 70.5. The van der Waals surface area contributed by atoms with E-state index in [4.69, 9.17) is 61.8 Å². The van der Waals surface area contributed by atoms with E-state index in [0.717, 1.165) is 147 Å². The predicted octanol–water partition coefficient (Wildman–Crippen LogP) is 12.2. The molecule has 7 amide bonds. The largest absolute Gasteiger partial charge is 0.509 e. The zero-order valence-corrected chi connectivity index (χ0v) is 91.7. The minimum absolute atomic E-state index is 0.00685. The molecule has 0 spiro atoms. The van der Waals surface area contributed by atoms with E-state index in [1.165, 1.54) is 29.6 Å². The number of amides is 7. The van der Waals surface area contributed by atoms with Gasteiger partial charge in [0, 0.05) is 183 Å². The first kappa shape index (κ1) is 126. The highest BCUT2D eigenvalue weighted by atomic mass is 16.7. The fraction of sp³-hybridized carbons (Fsp3) is 0.676. The van der Waals surface area contributed by atoms with Crippen LogP contribution in [0.2, 0.25) is 0 Å². The average Bonchev–Trinajstić information content (AvgIpc) is 1.55. The lowest BCUT2D eigenvalue weighted by Gasteiger charge is -2.36. The maximum Gasteiger partial charge on any atom is 0.509 e. The zero-order chi connectivity index (χ0) is 109. The Hall–Kier alpha value is -10.7. The smallest absolute Gasteiger partial charge is 0.429 e. The number of carbonyl (C=O) groups excluding carboxylic acids is 12. The van der Waals surface area contributed by atoms with Gasteiger partial charge in [0.2, 0.25) is 41.4 Å². The number of nitrogens with one attached hydrogen (secondary N) is 3. The van der Waals surface area contributed by atoms with Gasteiger partial charge in [-0.2, -0.15) is 0 Å². The number of pyridine rings is 2. The molecule has 3 N–H and O–H groups in total. The monoisotopic (exact) mass is 2100 g/mol. The number of ketones is 4. The van der Waals surface area contributed by atoms with E-state index in [2.05, 4.69) is 68.1 Å². The lowest BCUT2D eigenvalue weighted by Crippen LogP contribution is -2.46. The molecule has 4 atom stereocenters. The van der Waals surface area contributed by atoms with Crippen molar-refractivity contribution in [3.8, 4) is 11.4 Å². The third kappa shape index (κ3) is 43.1. The first-order valence-corrected chi connectivity index (χ1v) is 54.0. The molecule has 4 fully saturated rings. The molecule has 0 bridgehead atoms. The number of carbonyl (C=O) groups is 12. The highest BCUT2D eigenvalue weighted by Crippen LogP contribution is 2.44. The molecule has 7 heterocycles. The van der Waals surface area contributed by atoms with Crippen LogP contribution in [0.5, 0.6) is 0 Å². The predicted molar refractivity (Wildman–Crippen MR) is 562 cm³/mol. The Balaban J connectivity index is 0.000000251. The van der Waals surface area contributed by atoms with Gasteiger partial charge in [-0.1, -0.05) is 113 Å². The molecule has 12 rings (SSSR count). The van der Waals surface area contributed by atoms with Gasteiger partial charge < -0.3 is 82.1 Å². The van der Waals surface area contributed by atoms with E-state index >= 15 is 0 Å². The number of likely N-dealkylation sites (tertiary alicyclic amines) is 2. The highest BCUT2D eigenvalue weighted by molar-refractivity contribution is 6.04. The number of nitrogens with zero attached hydrogens (tertiary/aromatic N) is 10. The Morgan fingerprint density at radius 1 is 0.560 bits per heavy atom. The fourth-order valence-corrected chi connectivity index (χ4v) is 18.6. The second-order valence-electron chi connectivity index (χ2n) is 38.6. The van der Waals surface area contributed by atoms with E-state index < -0.39 is 11.8 Å². The van der Waals surface area contributed by atoms with E-state index in [-0.39, 0.29) is 133 Å². The Bertz CT molecular complexity index is 5200. The van der Waals surface area contributed by atoms with Gasteiger partial charge in [0.1, 0.15) is 31.4 Å². The molecule has 4 aromatic heterocycles. The lowest BCUT2D eigenvalue weighted by molar-refractivity contribution is -0.144. The number of benzene rings is 2. The number of hydrogen-bond acceptors (Lipinski definition) is 31. The molecule has 39 nitrogen and oxygen atoms in total. The van der Waals surface area contributed by atoms with Crippen LogP contribution in [0.25, 0.3) is 22.3 Å². The summed E-state index contributed by atoms with van der Waals surface area (Å²) in [5.74, 6) is 0.564. The number of fused-ring (bicyclic) bond motifs is 5. The minimum Gasteiger partial charge on any atom is -0.429 e. The topological polar surface area (TPSA) is 464 Å². The van der Waals surface area contributed by atoms with Crippen LogP contribution >= 0.6 is 0 Å². The maximum absolute atomic E-state index is 13.9. The number of rotatable bonds is 60. The van der Waals surface area contributed by atoms with Gasteiger partial charge in [-0.15, -0.1) is 10.2 Å². The third-order valence-corrected chi connectivity index (χ3v) is 27.1. The van der Waals surface area contributed by atoms with Crippen LogP contribution in [-0.2, 0) is 165 Å². The van der Waals surface area contributed by atoms with Crippen molar-refractivity contribution >= 4 is 81.5 Å². The summed E-state index contributed by atoms with van der Waals surface area (Å²) in [7, 11) is 4.58. The minimum atomic E-state index is -1.59. The van der Waals surface area contributed by atoms with Crippen LogP contribution in [0, 0.1) is 62.2 Å². The highest BCUT2D eigenvalue weighted by Gasteiger charge is 2.49. The molecular weight excluding hydrogens is 1930 g/mol. The molecule has 6 aromatic rings. The van der Waals surface area contributed by atoms with Gasteiger partial charge in [-0.25, -0.2) is 14.5 Å². The molecule has 2 saturated carbocycles. The molecule has 2 aromatic carbocycles. The Morgan fingerprint density at radius 3 is 1.63 bits per heavy atom. The molecule has 4 unspecified atom stereocenters. The Kier molecular flexibility index (Phi) is 59.3. The molecule has 6 aliphatic rings. The van der Waals surface area contributed by atoms with E-state index in [9.17, 15) is 62.3 Å². The van der Waals surface area contributed by atoms with Crippen molar-refractivity contribution in [2.45, 2.75) is 269 Å². The Labute approximate surface area is 884 Å². The number of aryl methyl sites for hydroxylation is 6. The second-order valence-corrected chi connectivity index (χ2v) is 38.6. The summed E-state index contributed by atoms with van der Waals surface area (Å²) in [6.45, 7) is 37.7. The zero-order valence-electron chi connectivity index (χ0n) is 91.7. The number of ether oxygens (including phenoxy) is 13. The van der Waals surface area contributed by atoms with Crippen molar-refractivity contribution in [3.63, 3.8) is 0 Å². The van der Waals surface area contributed by atoms with Crippen molar-refractivity contribution in [1.29, 1.82) is 0 Å². The summed E-state index contributed by atoms with van der Waals surface area (Å²) in [4.78, 5) is 165. The van der Waals surface area contributed by atoms with E-state index in [0.29, 0.717) is 238 Å². The van der Waals surface area contributed by atoms with Gasteiger partial charge in [0.15, 0.2) is 17.2 Å². The Morgan fingerprint density at radius 2 is 1.12 bits per heavy atom. The number of methoxy groups -OCH3 is 2. The van der Waals surface area contributed by atoms with E-state index in [1.54, 1.807) is 27.9 Å². The molecule has 39 heteroatoms. The number of Topliss-reactive ketones (excluding diaryl/α,β-unsaturated/α-hetero) is 4. The van der Waals surface area contributed by atoms with Crippen LogP contribution in [-0.4, -0.2) is 300 Å². The first-order valence-electron chi connectivity index (χ1n) is 54.0. The quantitative estimate of drug-likeness (QED) is 0.0181. The number of imide groups is 2. The van der Waals surface area contributed by atoms with E-state index in [1.807, 2.05) is 110 Å². The average molecular weight is 2100 g/mol. The van der Waals surface area contributed by atoms with Crippen molar-refractivity contribution in [1.82, 2.24) is 65.3 Å². The molecular formula is C111H169N13O26. The molecule has 3 aliphatic heterocycles. The molecule has 0 radical (unpaired) electrons. The first-order chi connectivity index (χ1) is 72.4. The molecule has 2 saturated heterocycles. The van der Waals surface area contributed by atoms with Crippen molar-refractivity contribution in [2.24, 2.45) is 41.4 Å². The standard InChI is InChI=1S/C33H32N2O5.C22H44O9.C19H28N4O3.C15H24N2O3.C12H23NO3.C10H18N4O3/c1-5-22-24-15-20(4)9-13-27(24)34-30-25(22)17-35-28(30)16-26-23(31(35)37)12-14-29(36)33(26,6-2)40-32(38)39-18-21-10-7-19(3)8-11-21;1-3-22(23)6-5-7-25-10-11-27-14-15-29-18-19-31-21-20-30-17-16-28-13-12-26-9-8-24-4-2;1-3-22-12-16(20-21-22)8-9-17(24)15-6-4-14(5-7-15)11-23-18(25)10-13(2)19(23)26;1-3-16-14(19)12-6-4-11(5-7-12)9-17-13(18)8-10(2)15(17)20;1-4-5-6-7-10(12(15)13-2)8-11(14)9-16-3;1-9-7-14(13-12-9)4-6-17-5-3-11-10(15)8-16-2/h7-11,13,15-16H,5-6,12,14,17-18H2,1-4H3;3-21H2,1-2H3;12-15H,3-11H2,1-2H3;10-12H,3-9H2,1-2H3,(H,16,19);10H,4-9H2,1-3H3,(H,13,15);7H,3-6,8H2,1-2H3,(H,11,15). The van der Waals surface area contributed by atoms with Crippen LogP contribution in [0.4, 0.5) is 4.79 Å². The van der Waals surface area contributed by atoms with Crippen molar-refractivity contribution in [2.75, 3.05) is 180 Å².